The van der Waals surface area contributed by atoms with E-state index < -0.39 is 0 Å². The van der Waals surface area contributed by atoms with Crippen molar-refractivity contribution in [2.75, 3.05) is 0 Å². The van der Waals surface area contributed by atoms with Crippen LogP contribution in [0.15, 0.2) is 89.3 Å². The van der Waals surface area contributed by atoms with Crippen molar-refractivity contribution in [1.29, 1.82) is 0 Å². The Bertz CT molecular complexity index is 1710. The first-order valence-corrected chi connectivity index (χ1v) is 13.0. The molecule has 0 fully saturated rings. The van der Waals surface area contributed by atoms with Crippen molar-refractivity contribution in [3.05, 3.63) is 108 Å². The molecular weight excluding hydrogens is 645 g/mol. The molecule has 193 valence electrons. The number of hydrogen-bond donors (Lipinski definition) is 0. The Hall–Kier alpha value is -3.46. The molecule has 3 nitrogen and oxygen atoms in total. The van der Waals surface area contributed by atoms with Crippen molar-refractivity contribution in [3.63, 3.8) is 0 Å². The predicted molar refractivity (Wildman–Crippen MR) is 153 cm³/mol. The van der Waals surface area contributed by atoms with E-state index >= 15 is 0 Å². The monoisotopic (exact) mass is 676 g/mol. The number of fused-ring (bicyclic) bond motifs is 2. The SMILES string of the molecule is Cc1ccc2c(-c3nc4ccccc4n3-c3c(C(C)C)cc(-c4ccccc4)cc3C(C)C)[c-]oc2c1.[Ir]. The van der Waals surface area contributed by atoms with Crippen LogP contribution in [0.2, 0.25) is 0 Å². The van der Waals surface area contributed by atoms with E-state index in [0.717, 1.165) is 39.0 Å². The molecule has 4 heteroatoms. The van der Waals surface area contributed by atoms with Gasteiger partial charge in [-0.2, -0.15) is 0 Å². The molecule has 0 aliphatic heterocycles. The second kappa shape index (κ2) is 10.4. The first-order chi connectivity index (χ1) is 17.9. The molecule has 6 aromatic rings. The first-order valence-electron chi connectivity index (χ1n) is 13.0. The van der Waals surface area contributed by atoms with E-state index in [2.05, 4.69) is 130 Å². The second-order valence-corrected chi connectivity index (χ2v) is 10.5. The van der Waals surface area contributed by atoms with Crippen LogP contribution in [-0.2, 0) is 20.1 Å². The summed E-state index contributed by atoms with van der Waals surface area (Å²) in [6.07, 6.45) is 3.20. The van der Waals surface area contributed by atoms with Crippen LogP contribution in [0.1, 0.15) is 56.2 Å². The van der Waals surface area contributed by atoms with Gasteiger partial charge in [0.1, 0.15) is 0 Å². The Kier molecular flexibility index (Phi) is 7.13. The zero-order valence-electron chi connectivity index (χ0n) is 22.4. The second-order valence-electron chi connectivity index (χ2n) is 10.5. The normalized spacial score (nSPS) is 11.6. The quantitative estimate of drug-likeness (QED) is 0.171. The number of para-hydroxylation sites is 2. The molecule has 0 spiro atoms. The van der Waals surface area contributed by atoms with Crippen molar-refractivity contribution in [2.45, 2.75) is 46.5 Å². The molecule has 38 heavy (non-hydrogen) atoms. The molecule has 2 heterocycles. The van der Waals surface area contributed by atoms with Gasteiger partial charge in [-0.3, -0.25) is 4.98 Å². The van der Waals surface area contributed by atoms with Gasteiger partial charge in [0.15, 0.2) is 0 Å². The van der Waals surface area contributed by atoms with Gasteiger partial charge in [-0.05, 0) is 65.3 Å². The first kappa shape index (κ1) is 26.2. The van der Waals surface area contributed by atoms with Crippen LogP contribution in [-0.4, -0.2) is 9.55 Å². The number of furan rings is 1. The molecule has 0 bridgehead atoms. The summed E-state index contributed by atoms with van der Waals surface area (Å²) in [6, 6.07) is 30.1. The summed E-state index contributed by atoms with van der Waals surface area (Å²) in [5, 5.41) is 1.03. The minimum absolute atomic E-state index is 0. The number of imidazole rings is 1. The molecule has 0 amide bonds. The van der Waals surface area contributed by atoms with Gasteiger partial charge in [0.2, 0.25) is 0 Å². The van der Waals surface area contributed by atoms with Crippen LogP contribution in [0.25, 0.3) is 50.2 Å². The van der Waals surface area contributed by atoms with Crippen molar-refractivity contribution in [3.8, 4) is 28.2 Å². The van der Waals surface area contributed by atoms with E-state index in [-0.39, 0.29) is 20.1 Å². The van der Waals surface area contributed by atoms with Gasteiger partial charge >= 0.3 is 0 Å². The van der Waals surface area contributed by atoms with Gasteiger partial charge in [-0.25, -0.2) is 0 Å². The Balaban J connectivity index is 0.00000294. The maximum absolute atomic E-state index is 5.93. The Labute approximate surface area is 237 Å². The van der Waals surface area contributed by atoms with Crippen LogP contribution in [0.4, 0.5) is 0 Å². The Morgan fingerprint density at radius 2 is 1.42 bits per heavy atom. The molecule has 1 radical (unpaired) electrons. The minimum Gasteiger partial charge on any atom is -0.557 e. The summed E-state index contributed by atoms with van der Waals surface area (Å²) in [5.74, 6) is 1.50. The van der Waals surface area contributed by atoms with E-state index in [0.29, 0.717) is 11.8 Å². The number of aromatic nitrogens is 2. The summed E-state index contributed by atoms with van der Waals surface area (Å²) in [6.45, 7) is 11.2. The number of aryl methyl sites for hydroxylation is 1. The average molecular weight is 676 g/mol. The van der Waals surface area contributed by atoms with E-state index in [1.807, 2.05) is 0 Å². The fourth-order valence-corrected chi connectivity index (χ4v) is 5.28. The summed E-state index contributed by atoms with van der Waals surface area (Å²) >= 11 is 0. The van der Waals surface area contributed by atoms with Crippen molar-refractivity contribution >= 4 is 22.0 Å². The largest absolute Gasteiger partial charge is 0.557 e. The Morgan fingerprint density at radius 3 is 2.11 bits per heavy atom. The standard InChI is InChI=1S/C34H31N2O.Ir/c1-21(2)27-18-25(24-11-7-6-8-12-24)19-28(22(3)4)33(27)36-31-14-10-9-13-30(31)35-34(36)29-20-37-32-17-23(5)15-16-26(29)32;/h6-19,21-22H,1-5H3;/q-1;. The number of nitrogens with zero attached hydrogens (tertiary/aromatic N) is 2. The molecule has 6 rings (SSSR count). The van der Waals surface area contributed by atoms with Gasteiger partial charge in [-0.1, -0.05) is 98.8 Å². The minimum atomic E-state index is 0. The molecule has 0 atom stereocenters. The molecule has 0 saturated heterocycles. The maximum Gasteiger partial charge on any atom is 0.0774 e. The number of hydrogen-bond acceptors (Lipinski definition) is 2. The zero-order valence-corrected chi connectivity index (χ0v) is 24.8. The van der Waals surface area contributed by atoms with Crippen LogP contribution in [0, 0.1) is 13.2 Å². The number of rotatable bonds is 5. The van der Waals surface area contributed by atoms with Crippen LogP contribution in [0.3, 0.4) is 0 Å². The molecule has 0 N–H and O–H groups in total. The molecule has 0 unspecified atom stereocenters. The zero-order chi connectivity index (χ0) is 25.7. The molecule has 0 saturated carbocycles. The van der Waals surface area contributed by atoms with Gasteiger partial charge < -0.3 is 8.98 Å². The van der Waals surface area contributed by atoms with Gasteiger partial charge in [-0.15, -0.1) is 6.07 Å². The summed E-state index contributed by atoms with van der Waals surface area (Å²) in [5.41, 5.74) is 11.2. The molecule has 2 aromatic heterocycles. The number of benzene rings is 4. The third-order valence-electron chi connectivity index (χ3n) is 7.20. The van der Waals surface area contributed by atoms with Crippen LogP contribution >= 0.6 is 0 Å². The van der Waals surface area contributed by atoms with Crippen LogP contribution in [0.5, 0.6) is 0 Å². The fourth-order valence-electron chi connectivity index (χ4n) is 5.28. The van der Waals surface area contributed by atoms with E-state index in [4.69, 9.17) is 9.40 Å². The maximum atomic E-state index is 5.93. The van der Waals surface area contributed by atoms with E-state index in [9.17, 15) is 0 Å². The van der Waals surface area contributed by atoms with Crippen molar-refractivity contribution < 1.29 is 24.5 Å². The summed E-state index contributed by atoms with van der Waals surface area (Å²) in [4.78, 5) is 5.16. The van der Waals surface area contributed by atoms with Crippen molar-refractivity contribution in [1.82, 2.24) is 9.55 Å². The Morgan fingerprint density at radius 1 is 0.763 bits per heavy atom. The van der Waals surface area contributed by atoms with Gasteiger partial charge in [0, 0.05) is 37.6 Å². The van der Waals surface area contributed by atoms with Crippen molar-refractivity contribution in [2.24, 2.45) is 0 Å². The topological polar surface area (TPSA) is 31.0 Å². The summed E-state index contributed by atoms with van der Waals surface area (Å²) in [7, 11) is 0. The predicted octanol–water partition coefficient (Wildman–Crippen LogP) is 9.46. The summed E-state index contributed by atoms with van der Waals surface area (Å²) < 4.78 is 8.27. The molecule has 0 aliphatic carbocycles. The van der Waals surface area contributed by atoms with E-state index in [1.165, 1.54) is 27.9 Å². The molecule has 4 aromatic carbocycles. The smallest absolute Gasteiger partial charge is 0.0774 e. The van der Waals surface area contributed by atoms with Gasteiger partial charge in [0.25, 0.3) is 0 Å². The fraction of sp³-hybridized carbons (Fsp3) is 0.206. The molecular formula is C34H31IrN2O-. The molecule has 0 aliphatic rings. The third-order valence-corrected chi connectivity index (χ3v) is 7.20. The van der Waals surface area contributed by atoms with Gasteiger partial charge in [0.05, 0.1) is 16.9 Å². The average Bonchev–Trinajstić information content (AvgIpc) is 3.49. The van der Waals surface area contributed by atoms with E-state index in [1.54, 1.807) is 0 Å². The third kappa shape index (κ3) is 4.42. The van der Waals surface area contributed by atoms with Crippen LogP contribution < -0.4 is 0 Å².